The minimum Gasteiger partial charge on any atom is -0.440 e. The molecule has 0 radical (unpaired) electrons. The number of halogens is 2. The number of amides is 1. The fraction of sp³-hybridized carbons (Fsp3) is 0.286. The van der Waals surface area contributed by atoms with Crippen molar-refractivity contribution in [3.05, 3.63) is 100 Å². The molecule has 1 amide bonds. The summed E-state index contributed by atoms with van der Waals surface area (Å²) < 4.78 is 33.2. The van der Waals surface area contributed by atoms with Crippen molar-refractivity contribution in [1.82, 2.24) is 15.6 Å². The number of hydrogen-bond donors (Lipinski definition) is 2. The predicted octanol–water partition coefficient (Wildman–Crippen LogP) is 5.50. The topological polar surface area (TPSA) is 67.2 Å². The summed E-state index contributed by atoms with van der Waals surface area (Å²) >= 11 is 0. The first-order chi connectivity index (χ1) is 16.9. The molecule has 4 rings (SSSR count). The van der Waals surface area contributed by atoms with Gasteiger partial charge in [0, 0.05) is 25.6 Å². The van der Waals surface area contributed by atoms with Crippen LogP contribution in [0.15, 0.2) is 65.1 Å². The summed E-state index contributed by atoms with van der Waals surface area (Å²) in [5, 5.41) is 6.44. The lowest BCUT2D eigenvalue weighted by Crippen LogP contribution is -2.38. The number of fused-ring (bicyclic) bond motifs is 1. The summed E-state index contributed by atoms with van der Waals surface area (Å²) in [6.07, 6.45) is 1.84. The monoisotopic (exact) mass is 477 g/mol. The second-order valence-corrected chi connectivity index (χ2v) is 8.68. The molecule has 5 nitrogen and oxygen atoms in total. The fourth-order valence-electron chi connectivity index (χ4n) is 4.21. The third-order valence-electron chi connectivity index (χ3n) is 5.90. The summed E-state index contributed by atoms with van der Waals surface area (Å²) in [7, 11) is 0. The number of carbonyl (C=O) groups excluding carboxylic acids is 1. The van der Waals surface area contributed by atoms with E-state index >= 15 is 0 Å². The smallest absolute Gasteiger partial charge is 0.255 e. The van der Waals surface area contributed by atoms with E-state index in [0.717, 1.165) is 12.5 Å². The number of nitrogens with zero attached hydrogens (tertiary/aromatic N) is 1. The normalized spacial score (nSPS) is 12.1. The maximum atomic E-state index is 13.8. The average molecular weight is 478 g/mol. The Morgan fingerprint density at radius 2 is 1.74 bits per heavy atom. The Morgan fingerprint density at radius 1 is 1.00 bits per heavy atom. The van der Waals surface area contributed by atoms with E-state index in [2.05, 4.69) is 40.7 Å². The number of benzene rings is 3. The molecule has 1 heterocycles. The van der Waals surface area contributed by atoms with Crippen LogP contribution >= 0.6 is 0 Å². The Balaban J connectivity index is 1.46. The van der Waals surface area contributed by atoms with Gasteiger partial charge in [0.25, 0.3) is 5.91 Å². The molecular formula is C28H29F2N3O2. The molecule has 7 heteroatoms. The standard InChI is InChI=1S/C28H29F2N3O2/c1-3-19-6-4-7-20(12-19)17-31-11-10-24(15-21-13-22(29)16-23(30)14-21)33-28(34)25-8-5-9-26-27(25)35-18(2)32-26/h4-9,12-14,16,24,31H,3,10-11,15,17H2,1-2H3,(H,33,34)/t24-/m1/s1. The Labute approximate surface area is 203 Å². The molecule has 1 aromatic heterocycles. The second kappa shape index (κ2) is 11.2. The highest BCUT2D eigenvalue weighted by atomic mass is 19.1. The van der Waals surface area contributed by atoms with Gasteiger partial charge in [0.2, 0.25) is 0 Å². The van der Waals surface area contributed by atoms with E-state index < -0.39 is 11.6 Å². The fourth-order valence-corrected chi connectivity index (χ4v) is 4.21. The van der Waals surface area contributed by atoms with Crippen molar-refractivity contribution in [3.63, 3.8) is 0 Å². The van der Waals surface area contributed by atoms with E-state index in [0.29, 0.717) is 54.0 Å². The molecule has 0 aliphatic heterocycles. The maximum Gasteiger partial charge on any atom is 0.255 e. The lowest BCUT2D eigenvalue weighted by Gasteiger charge is -2.20. The van der Waals surface area contributed by atoms with Crippen LogP contribution in [0.4, 0.5) is 8.78 Å². The Morgan fingerprint density at radius 3 is 2.51 bits per heavy atom. The average Bonchev–Trinajstić information content (AvgIpc) is 3.21. The third-order valence-corrected chi connectivity index (χ3v) is 5.90. The zero-order valence-electron chi connectivity index (χ0n) is 19.9. The number of para-hydroxylation sites is 1. The summed E-state index contributed by atoms with van der Waals surface area (Å²) in [5.74, 6) is -1.12. The number of rotatable bonds is 10. The predicted molar refractivity (Wildman–Crippen MR) is 132 cm³/mol. The van der Waals surface area contributed by atoms with Gasteiger partial charge in [0.15, 0.2) is 11.5 Å². The molecule has 0 saturated heterocycles. The molecule has 0 fully saturated rings. The van der Waals surface area contributed by atoms with Gasteiger partial charge in [-0.2, -0.15) is 0 Å². The van der Waals surface area contributed by atoms with Crippen molar-refractivity contribution >= 4 is 17.0 Å². The Bertz CT molecular complexity index is 1300. The van der Waals surface area contributed by atoms with Crippen LogP contribution in [0.2, 0.25) is 0 Å². The summed E-state index contributed by atoms with van der Waals surface area (Å²) in [6.45, 7) is 5.16. The van der Waals surface area contributed by atoms with Crippen LogP contribution in [0.5, 0.6) is 0 Å². The highest BCUT2D eigenvalue weighted by Gasteiger charge is 2.19. The second-order valence-electron chi connectivity index (χ2n) is 8.68. The van der Waals surface area contributed by atoms with Gasteiger partial charge < -0.3 is 15.1 Å². The number of aromatic nitrogens is 1. The van der Waals surface area contributed by atoms with Gasteiger partial charge >= 0.3 is 0 Å². The van der Waals surface area contributed by atoms with Crippen molar-refractivity contribution in [2.75, 3.05) is 6.54 Å². The number of nitrogens with one attached hydrogen (secondary N) is 2. The molecule has 0 unspecified atom stereocenters. The van der Waals surface area contributed by atoms with Gasteiger partial charge in [-0.3, -0.25) is 4.79 Å². The van der Waals surface area contributed by atoms with Crippen molar-refractivity contribution in [2.45, 2.75) is 45.7 Å². The first kappa shape index (κ1) is 24.5. The number of aryl methyl sites for hydroxylation is 2. The zero-order chi connectivity index (χ0) is 24.8. The molecule has 0 aliphatic rings. The van der Waals surface area contributed by atoms with E-state index in [-0.39, 0.29) is 11.9 Å². The molecular weight excluding hydrogens is 448 g/mol. The highest BCUT2D eigenvalue weighted by molar-refractivity contribution is 6.04. The molecule has 4 aromatic rings. The molecule has 182 valence electrons. The first-order valence-electron chi connectivity index (χ1n) is 11.8. The van der Waals surface area contributed by atoms with Crippen molar-refractivity contribution in [3.8, 4) is 0 Å². The van der Waals surface area contributed by atoms with Gasteiger partial charge in [-0.25, -0.2) is 13.8 Å². The third kappa shape index (κ3) is 6.51. The van der Waals surface area contributed by atoms with Crippen LogP contribution in [-0.2, 0) is 19.4 Å². The molecule has 0 bridgehead atoms. The summed E-state index contributed by atoms with van der Waals surface area (Å²) in [5.41, 5.74) is 4.35. The maximum absolute atomic E-state index is 13.8. The van der Waals surface area contributed by atoms with E-state index in [1.165, 1.54) is 23.3 Å². The number of oxazole rings is 1. The minimum absolute atomic E-state index is 0.291. The Hall–Kier alpha value is -3.58. The Kier molecular flexibility index (Phi) is 7.87. The zero-order valence-corrected chi connectivity index (χ0v) is 19.9. The van der Waals surface area contributed by atoms with Gasteiger partial charge in [-0.1, -0.05) is 37.3 Å². The van der Waals surface area contributed by atoms with Crippen LogP contribution in [-0.4, -0.2) is 23.5 Å². The van der Waals surface area contributed by atoms with Gasteiger partial charge in [-0.15, -0.1) is 0 Å². The molecule has 2 N–H and O–H groups in total. The van der Waals surface area contributed by atoms with Crippen LogP contribution in [0.3, 0.4) is 0 Å². The van der Waals surface area contributed by atoms with Crippen molar-refractivity contribution < 1.29 is 18.0 Å². The molecule has 35 heavy (non-hydrogen) atoms. The van der Waals surface area contributed by atoms with Crippen molar-refractivity contribution in [1.29, 1.82) is 0 Å². The molecule has 3 aromatic carbocycles. The summed E-state index contributed by atoms with van der Waals surface area (Å²) in [6, 6.07) is 16.7. The molecule has 0 spiro atoms. The first-order valence-corrected chi connectivity index (χ1v) is 11.8. The van der Waals surface area contributed by atoms with Crippen molar-refractivity contribution in [2.24, 2.45) is 0 Å². The SMILES string of the molecule is CCc1cccc(CNCC[C@H](Cc2cc(F)cc(F)c2)NC(=O)c2cccc3nc(C)oc23)c1. The van der Waals surface area contributed by atoms with Gasteiger partial charge in [0.1, 0.15) is 17.2 Å². The molecule has 1 atom stereocenters. The highest BCUT2D eigenvalue weighted by Crippen LogP contribution is 2.20. The van der Waals surface area contributed by atoms with Crippen LogP contribution < -0.4 is 10.6 Å². The van der Waals surface area contributed by atoms with Crippen LogP contribution in [0, 0.1) is 18.6 Å². The minimum atomic E-state index is -0.638. The lowest BCUT2D eigenvalue weighted by molar-refractivity contribution is 0.0935. The van der Waals surface area contributed by atoms with E-state index in [1.807, 2.05) is 6.07 Å². The van der Waals surface area contributed by atoms with Crippen LogP contribution in [0.25, 0.3) is 11.1 Å². The summed E-state index contributed by atoms with van der Waals surface area (Å²) in [4.78, 5) is 17.4. The lowest BCUT2D eigenvalue weighted by atomic mass is 10.0. The quantitative estimate of drug-likeness (QED) is 0.296. The van der Waals surface area contributed by atoms with E-state index in [1.54, 1.807) is 25.1 Å². The van der Waals surface area contributed by atoms with E-state index in [9.17, 15) is 13.6 Å². The molecule has 0 aliphatic carbocycles. The molecule has 0 saturated carbocycles. The number of hydrogen-bond acceptors (Lipinski definition) is 4. The van der Waals surface area contributed by atoms with Crippen LogP contribution in [0.1, 0.15) is 46.3 Å². The van der Waals surface area contributed by atoms with Gasteiger partial charge in [0.05, 0.1) is 5.56 Å². The van der Waals surface area contributed by atoms with Gasteiger partial charge in [-0.05, 0) is 66.8 Å². The van der Waals surface area contributed by atoms with E-state index in [4.69, 9.17) is 4.42 Å². The number of carbonyl (C=O) groups is 1. The largest absolute Gasteiger partial charge is 0.440 e.